The normalized spacial score (nSPS) is 10.4. The molecule has 0 heterocycles. The number of carbonyl (C=O) groups is 2. The molecule has 0 fully saturated rings. The topological polar surface area (TPSA) is 97.9 Å². The van der Waals surface area contributed by atoms with Gasteiger partial charge in [0.1, 0.15) is 18.1 Å². The van der Waals surface area contributed by atoms with Crippen LogP contribution in [-0.4, -0.2) is 43.4 Å². The molecule has 0 saturated carbocycles. The lowest BCUT2D eigenvalue weighted by Gasteiger charge is -2.12. The molecule has 2 rings (SSSR count). The Bertz CT molecular complexity index is 886. The van der Waals surface area contributed by atoms with Gasteiger partial charge in [0.2, 0.25) is 0 Å². The van der Waals surface area contributed by atoms with Gasteiger partial charge in [-0.3, -0.25) is 25.8 Å². The summed E-state index contributed by atoms with van der Waals surface area (Å²) < 4.78 is 16.3. The molecule has 0 unspecified atom stereocenters. The molecule has 2 aromatic rings. The van der Waals surface area contributed by atoms with Crippen molar-refractivity contribution in [2.75, 3.05) is 26.4 Å². The van der Waals surface area contributed by atoms with E-state index in [0.717, 1.165) is 0 Å². The Morgan fingerprint density at radius 2 is 1.41 bits per heavy atom. The molecule has 0 bridgehead atoms. The number of rotatable bonds is 10. The summed E-state index contributed by atoms with van der Waals surface area (Å²) >= 11 is 5.07. The fourth-order valence-corrected chi connectivity index (χ4v) is 2.57. The third-order valence-corrected chi connectivity index (χ3v) is 4.24. The largest absolute Gasteiger partial charge is 0.493 e. The van der Waals surface area contributed by atoms with Gasteiger partial charge >= 0.3 is 0 Å². The van der Waals surface area contributed by atoms with Gasteiger partial charge in [0.25, 0.3) is 11.8 Å². The van der Waals surface area contributed by atoms with Crippen LogP contribution in [0.1, 0.15) is 41.5 Å². The number of nitrogens with one attached hydrogen (secondary N) is 3. The van der Waals surface area contributed by atoms with Gasteiger partial charge < -0.3 is 14.2 Å². The monoisotopic (exact) mass is 459 g/mol. The maximum atomic E-state index is 12.3. The summed E-state index contributed by atoms with van der Waals surface area (Å²) in [5.74, 6) is 0.927. The first-order chi connectivity index (χ1) is 15.4. The molecule has 0 aliphatic heterocycles. The van der Waals surface area contributed by atoms with E-state index in [9.17, 15) is 9.59 Å². The predicted molar refractivity (Wildman–Crippen MR) is 126 cm³/mol. The molecule has 172 valence electrons. The predicted octanol–water partition coefficient (Wildman–Crippen LogP) is 3.09. The van der Waals surface area contributed by atoms with Crippen LogP contribution in [0.2, 0.25) is 0 Å². The van der Waals surface area contributed by atoms with E-state index in [1.165, 1.54) is 0 Å². The van der Waals surface area contributed by atoms with Crippen molar-refractivity contribution in [1.29, 1.82) is 0 Å². The van der Waals surface area contributed by atoms with E-state index in [-0.39, 0.29) is 5.11 Å². The molecule has 0 spiro atoms. The van der Waals surface area contributed by atoms with Crippen molar-refractivity contribution in [3.8, 4) is 11.5 Å². The van der Waals surface area contributed by atoms with Crippen LogP contribution in [0.5, 0.6) is 11.5 Å². The number of ether oxygens (including phenoxy) is 3. The zero-order valence-corrected chi connectivity index (χ0v) is 19.3. The second kappa shape index (κ2) is 13.3. The number of amides is 2. The molecule has 0 aliphatic carbocycles. The molecule has 0 radical (unpaired) electrons. The summed E-state index contributed by atoms with van der Waals surface area (Å²) in [5.41, 5.74) is 5.79. The summed E-state index contributed by atoms with van der Waals surface area (Å²) in [6.07, 6.45) is 0. The van der Waals surface area contributed by atoms with Crippen LogP contribution in [0.3, 0.4) is 0 Å². The third-order valence-electron chi connectivity index (χ3n) is 4.03. The number of thiocarbonyl (C=S) groups is 1. The lowest BCUT2D eigenvalue weighted by atomic mass is 10.2. The molecule has 0 aromatic heterocycles. The lowest BCUT2D eigenvalue weighted by Crippen LogP contribution is -2.48. The third kappa shape index (κ3) is 8.91. The molecule has 8 nitrogen and oxygen atoms in total. The zero-order chi connectivity index (χ0) is 23.3. The number of hydrazine groups is 1. The number of carbonyl (C=O) groups excluding carboxylic acids is 2. The zero-order valence-electron chi connectivity index (χ0n) is 18.5. The molecule has 32 heavy (non-hydrogen) atoms. The quantitative estimate of drug-likeness (QED) is 0.285. The van der Waals surface area contributed by atoms with Gasteiger partial charge in [-0.25, -0.2) is 0 Å². The standard InChI is InChI=1S/C23H29N3O5S/c1-4-29-13-14-30-19-9-5-17(6-10-19)21(27)24-23(32)26-25-22(28)18-7-11-20(12-8-18)31-15-16(2)3/h5-12,16H,4,13-15H2,1-3H3,(H,25,28)(H2,24,26,27,32). The molecular formula is C23H29N3O5S. The number of hydrogen-bond donors (Lipinski definition) is 3. The highest BCUT2D eigenvalue weighted by Crippen LogP contribution is 2.13. The smallest absolute Gasteiger partial charge is 0.269 e. The minimum atomic E-state index is -0.413. The Hall–Kier alpha value is -3.17. The molecule has 0 atom stereocenters. The molecule has 3 N–H and O–H groups in total. The first kappa shape index (κ1) is 25.1. The van der Waals surface area contributed by atoms with Gasteiger partial charge in [-0.15, -0.1) is 0 Å². The maximum Gasteiger partial charge on any atom is 0.269 e. The van der Waals surface area contributed by atoms with Crippen LogP contribution in [-0.2, 0) is 4.74 Å². The van der Waals surface area contributed by atoms with Gasteiger partial charge in [-0.1, -0.05) is 13.8 Å². The highest BCUT2D eigenvalue weighted by atomic mass is 32.1. The van der Waals surface area contributed by atoms with Gasteiger partial charge in [0, 0.05) is 17.7 Å². The van der Waals surface area contributed by atoms with Crippen molar-refractivity contribution >= 4 is 29.1 Å². The molecular weight excluding hydrogens is 430 g/mol. The fourth-order valence-electron chi connectivity index (χ4n) is 2.42. The summed E-state index contributed by atoms with van der Waals surface area (Å²) in [6.45, 7) is 8.20. The molecule has 9 heteroatoms. The van der Waals surface area contributed by atoms with Crippen molar-refractivity contribution in [2.45, 2.75) is 20.8 Å². The van der Waals surface area contributed by atoms with Gasteiger partial charge in [-0.05, 0) is 73.6 Å². The van der Waals surface area contributed by atoms with Crippen LogP contribution in [0.25, 0.3) is 0 Å². The van der Waals surface area contributed by atoms with Gasteiger partial charge in [0.15, 0.2) is 5.11 Å². The van der Waals surface area contributed by atoms with E-state index in [4.69, 9.17) is 26.4 Å². The van der Waals surface area contributed by atoms with E-state index < -0.39 is 11.8 Å². The first-order valence-electron chi connectivity index (χ1n) is 10.3. The highest BCUT2D eigenvalue weighted by molar-refractivity contribution is 7.80. The van der Waals surface area contributed by atoms with E-state index in [1.54, 1.807) is 48.5 Å². The number of benzene rings is 2. The van der Waals surface area contributed by atoms with Crippen LogP contribution >= 0.6 is 12.2 Å². The van der Waals surface area contributed by atoms with E-state index >= 15 is 0 Å². The van der Waals surface area contributed by atoms with Crippen molar-refractivity contribution < 1.29 is 23.8 Å². The fraction of sp³-hybridized carbons (Fsp3) is 0.348. The van der Waals surface area contributed by atoms with Crippen LogP contribution in [0.4, 0.5) is 0 Å². The van der Waals surface area contributed by atoms with E-state index in [0.29, 0.717) is 55.0 Å². The Morgan fingerprint density at radius 1 is 0.844 bits per heavy atom. The summed E-state index contributed by atoms with van der Waals surface area (Å²) in [6, 6.07) is 13.4. The van der Waals surface area contributed by atoms with Crippen LogP contribution in [0.15, 0.2) is 48.5 Å². The second-order valence-corrected chi connectivity index (χ2v) is 7.57. The molecule has 2 amide bonds. The van der Waals surface area contributed by atoms with Gasteiger partial charge in [0.05, 0.1) is 13.2 Å². The average Bonchev–Trinajstić information content (AvgIpc) is 2.79. The van der Waals surface area contributed by atoms with Crippen molar-refractivity contribution in [1.82, 2.24) is 16.2 Å². The first-order valence-corrected chi connectivity index (χ1v) is 10.7. The minimum absolute atomic E-state index is 0.0303. The lowest BCUT2D eigenvalue weighted by molar-refractivity contribution is 0.0934. The molecule has 0 aliphatic rings. The van der Waals surface area contributed by atoms with Crippen molar-refractivity contribution in [3.63, 3.8) is 0 Å². The maximum absolute atomic E-state index is 12.3. The highest BCUT2D eigenvalue weighted by Gasteiger charge is 2.10. The Morgan fingerprint density at radius 3 is 1.97 bits per heavy atom. The SMILES string of the molecule is CCOCCOc1ccc(C(=O)NC(=S)NNC(=O)c2ccc(OCC(C)C)cc2)cc1. The average molecular weight is 460 g/mol. The summed E-state index contributed by atoms with van der Waals surface area (Å²) in [5, 5.41) is 2.47. The van der Waals surface area contributed by atoms with E-state index in [1.807, 2.05) is 6.92 Å². The Balaban J connectivity index is 1.76. The van der Waals surface area contributed by atoms with Crippen LogP contribution < -0.4 is 25.6 Å². The second-order valence-electron chi connectivity index (χ2n) is 7.16. The minimum Gasteiger partial charge on any atom is -0.493 e. The number of hydrogen-bond acceptors (Lipinski definition) is 6. The van der Waals surface area contributed by atoms with Crippen LogP contribution in [0, 0.1) is 5.92 Å². The summed E-state index contributed by atoms with van der Waals surface area (Å²) in [4.78, 5) is 24.5. The van der Waals surface area contributed by atoms with E-state index in [2.05, 4.69) is 30.0 Å². The summed E-state index contributed by atoms with van der Waals surface area (Å²) in [7, 11) is 0. The molecule has 0 saturated heterocycles. The Kier molecular flexibility index (Phi) is 10.4. The molecule has 2 aromatic carbocycles. The van der Waals surface area contributed by atoms with Crippen molar-refractivity contribution in [2.24, 2.45) is 5.92 Å². The Labute approximate surface area is 193 Å². The van der Waals surface area contributed by atoms with Crippen molar-refractivity contribution in [3.05, 3.63) is 59.7 Å². The van der Waals surface area contributed by atoms with Gasteiger partial charge in [-0.2, -0.15) is 0 Å².